The largest absolute Gasteiger partial charge is 0.497 e. The SMILES string of the molecule is COc1ccc(CNC(=O)N2CC[C@H](Oc3ccc4ccccc4n3)C2)cc1. The van der Waals surface area contributed by atoms with Gasteiger partial charge in [0.25, 0.3) is 0 Å². The number of aromatic nitrogens is 1. The lowest BCUT2D eigenvalue weighted by Crippen LogP contribution is -2.39. The minimum absolute atomic E-state index is 0.0413. The molecule has 0 aliphatic carbocycles. The zero-order valence-electron chi connectivity index (χ0n) is 15.8. The van der Waals surface area contributed by atoms with Crippen LogP contribution in [0, 0.1) is 0 Å². The number of methoxy groups -OCH3 is 1. The number of carbonyl (C=O) groups is 1. The molecule has 2 amide bonds. The molecule has 1 atom stereocenters. The van der Waals surface area contributed by atoms with Crippen LogP contribution in [-0.2, 0) is 6.54 Å². The second-order valence-electron chi connectivity index (χ2n) is 6.82. The van der Waals surface area contributed by atoms with E-state index in [1.54, 1.807) is 12.0 Å². The van der Waals surface area contributed by atoms with E-state index in [1.807, 2.05) is 60.7 Å². The third-order valence-corrected chi connectivity index (χ3v) is 4.90. The Hall–Kier alpha value is -3.28. The predicted octanol–water partition coefficient (Wildman–Crippen LogP) is 3.61. The Morgan fingerprint density at radius 2 is 1.96 bits per heavy atom. The second kappa shape index (κ2) is 8.17. The van der Waals surface area contributed by atoms with E-state index in [1.165, 1.54) is 0 Å². The highest BCUT2D eigenvalue weighted by Gasteiger charge is 2.27. The molecule has 1 N–H and O–H groups in total. The fourth-order valence-corrected chi connectivity index (χ4v) is 3.33. The van der Waals surface area contributed by atoms with Gasteiger partial charge in [0.15, 0.2) is 0 Å². The Bertz CT molecular complexity index is 959. The molecule has 1 aromatic heterocycles. The van der Waals surface area contributed by atoms with Crippen LogP contribution in [0.4, 0.5) is 4.79 Å². The quantitative estimate of drug-likeness (QED) is 0.738. The number of urea groups is 1. The molecule has 1 aliphatic rings. The summed E-state index contributed by atoms with van der Waals surface area (Å²) in [5.41, 5.74) is 1.94. The average Bonchev–Trinajstić information content (AvgIpc) is 3.21. The highest BCUT2D eigenvalue weighted by molar-refractivity contribution is 5.78. The molecular formula is C22H23N3O3. The van der Waals surface area contributed by atoms with E-state index in [2.05, 4.69) is 10.3 Å². The second-order valence-corrected chi connectivity index (χ2v) is 6.82. The Labute approximate surface area is 164 Å². The summed E-state index contributed by atoms with van der Waals surface area (Å²) in [6.07, 6.45) is 0.755. The zero-order chi connectivity index (χ0) is 19.3. The molecule has 0 unspecified atom stereocenters. The molecule has 6 heteroatoms. The normalized spacial score (nSPS) is 16.2. The predicted molar refractivity (Wildman–Crippen MR) is 108 cm³/mol. The molecule has 6 nitrogen and oxygen atoms in total. The third kappa shape index (κ3) is 4.17. The van der Waals surface area contributed by atoms with E-state index in [0.717, 1.165) is 28.6 Å². The number of benzene rings is 2. The number of hydrogen-bond donors (Lipinski definition) is 1. The molecule has 0 saturated carbocycles. The first-order valence-corrected chi connectivity index (χ1v) is 9.39. The van der Waals surface area contributed by atoms with Crippen LogP contribution < -0.4 is 14.8 Å². The summed E-state index contributed by atoms with van der Waals surface area (Å²) >= 11 is 0. The number of likely N-dealkylation sites (tertiary alicyclic amines) is 1. The monoisotopic (exact) mass is 377 g/mol. The summed E-state index contributed by atoms with van der Waals surface area (Å²) in [5, 5.41) is 4.05. The first kappa shape index (κ1) is 18.1. The number of hydrogen-bond acceptors (Lipinski definition) is 4. The van der Waals surface area contributed by atoms with Crippen molar-refractivity contribution in [3.05, 3.63) is 66.2 Å². The molecule has 144 valence electrons. The average molecular weight is 377 g/mol. The highest BCUT2D eigenvalue weighted by Crippen LogP contribution is 2.20. The van der Waals surface area contributed by atoms with Crippen molar-refractivity contribution in [2.24, 2.45) is 0 Å². The number of carbonyl (C=O) groups excluding carboxylic acids is 1. The highest BCUT2D eigenvalue weighted by atomic mass is 16.5. The van der Waals surface area contributed by atoms with Crippen molar-refractivity contribution < 1.29 is 14.3 Å². The van der Waals surface area contributed by atoms with Gasteiger partial charge in [0, 0.05) is 31.0 Å². The van der Waals surface area contributed by atoms with E-state index < -0.39 is 0 Å². The summed E-state index contributed by atoms with van der Waals surface area (Å²) in [5.74, 6) is 1.40. The van der Waals surface area contributed by atoms with Gasteiger partial charge in [-0.2, -0.15) is 0 Å². The standard InChI is InChI=1S/C22H23N3O3/c1-27-18-9-6-16(7-10-18)14-23-22(26)25-13-12-19(15-25)28-21-11-8-17-4-2-3-5-20(17)24-21/h2-11,19H,12-15H2,1H3,(H,23,26)/t19-/m0/s1. The number of pyridine rings is 1. The van der Waals surface area contributed by atoms with Crippen LogP contribution in [0.15, 0.2) is 60.7 Å². The Kier molecular flexibility index (Phi) is 5.28. The number of nitrogens with zero attached hydrogens (tertiary/aromatic N) is 2. The fraction of sp³-hybridized carbons (Fsp3) is 0.273. The summed E-state index contributed by atoms with van der Waals surface area (Å²) in [6, 6.07) is 19.4. The topological polar surface area (TPSA) is 63.7 Å². The van der Waals surface area contributed by atoms with Crippen molar-refractivity contribution in [3.8, 4) is 11.6 Å². The maximum absolute atomic E-state index is 12.4. The number of para-hydroxylation sites is 1. The molecule has 28 heavy (non-hydrogen) atoms. The summed E-state index contributed by atoms with van der Waals surface area (Å²) < 4.78 is 11.2. The lowest BCUT2D eigenvalue weighted by atomic mass is 10.2. The molecule has 2 aromatic carbocycles. The number of ether oxygens (including phenoxy) is 2. The minimum atomic E-state index is -0.0756. The van der Waals surface area contributed by atoms with Gasteiger partial charge in [-0.05, 0) is 29.8 Å². The fourth-order valence-electron chi connectivity index (χ4n) is 3.33. The molecule has 0 radical (unpaired) electrons. The van der Waals surface area contributed by atoms with Crippen molar-refractivity contribution >= 4 is 16.9 Å². The number of fused-ring (bicyclic) bond motifs is 1. The van der Waals surface area contributed by atoms with Crippen molar-refractivity contribution in [3.63, 3.8) is 0 Å². The van der Waals surface area contributed by atoms with Gasteiger partial charge in [-0.15, -0.1) is 0 Å². The van der Waals surface area contributed by atoms with Crippen LogP contribution in [0.25, 0.3) is 10.9 Å². The summed E-state index contributed by atoms with van der Waals surface area (Å²) in [7, 11) is 1.64. The molecule has 0 bridgehead atoms. The van der Waals surface area contributed by atoms with Gasteiger partial charge in [0.1, 0.15) is 11.9 Å². The molecule has 3 aromatic rings. The molecule has 0 spiro atoms. The minimum Gasteiger partial charge on any atom is -0.497 e. The van der Waals surface area contributed by atoms with Crippen LogP contribution in [0.2, 0.25) is 0 Å². The van der Waals surface area contributed by atoms with Crippen LogP contribution >= 0.6 is 0 Å². The smallest absolute Gasteiger partial charge is 0.317 e. The lowest BCUT2D eigenvalue weighted by molar-refractivity contribution is 0.183. The van der Waals surface area contributed by atoms with Crippen LogP contribution in [0.1, 0.15) is 12.0 Å². The molecule has 1 fully saturated rings. The maximum atomic E-state index is 12.4. The molecule has 4 rings (SSSR count). The van der Waals surface area contributed by atoms with Crippen molar-refractivity contribution in [1.82, 2.24) is 15.2 Å². The molecule has 1 aliphatic heterocycles. The van der Waals surface area contributed by atoms with Crippen LogP contribution in [-0.4, -0.2) is 42.2 Å². The molecule has 1 saturated heterocycles. The van der Waals surface area contributed by atoms with Crippen LogP contribution in [0.5, 0.6) is 11.6 Å². The number of amides is 2. The van der Waals surface area contributed by atoms with E-state index in [-0.39, 0.29) is 12.1 Å². The van der Waals surface area contributed by atoms with Gasteiger partial charge in [0.2, 0.25) is 5.88 Å². The molecular weight excluding hydrogens is 354 g/mol. The van der Waals surface area contributed by atoms with Crippen molar-refractivity contribution in [2.75, 3.05) is 20.2 Å². The van der Waals surface area contributed by atoms with Crippen molar-refractivity contribution in [1.29, 1.82) is 0 Å². The first-order valence-electron chi connectivity index (χ1n) is 9.39. The van der Waals surface area contributed by atoms with Gasteiger partial charge < -0.3 is 19.7 Å². The Balaban J connectivity index is 1.29. The maximum Gasteiger partial charge on any atom is 0.317 e. The summed E-state index contributed by atoms with van der Waals surface area (Å²) in [6.45, 7) is 1.72. The van der Waals surface area contributed by atoms with E-state index >= 15 is 0 Å². The van der Waals surface area contributed by atoms with E-state index in [4.69, 9.17) is 9.47 Å². The Morgan fingerprint density at radius 3 is 2.79 bits per heavy atom. The van der Waals surface area contributed by atoms with Gasteiger partial charge in [0.05, 0.1) is 19.2 Å². The van der Waals surface area contributed by atoms with Gasteiger partial charge in [-0.25, -0.2) is 9.78 Å². The van der Waals surface area contributed by atoms with E-state index in [9.17, 15) is 4.79 Å². The summed E-state index contributed by atoms with van der Waals surface area (Å²) in [4.78, 5) is 18.8. The zero-order valence-corrected chi connectivity index (χ0v) is 15.8. The Morgan fingerprint density at radius 1 is 1.14 bits per heavy atom. The lowest BCUT2D eigenvalue weighted by Gasteiger charge is -2.18. The van der Waals surface area contributed by atoms with E-state index in [0.29, 0.717) is 25.5 Å². The number of nitrogens with one attached hydrogen (secondary N) is 1. The first-order chi connectivity index (χ1) is 13.7. The van der Waals surface area contributed by atoms with Gasteiger partial charge >= 0.3 is 6.03 Å². The van der Waals surface area contributed by atoms with Gasteiger partial charge in [-0.3, -0.25) is 0 Å². The van der Waals surface area contributed by atoms with Crippen LogP contribution in [0.3, 0.4) is 0 Å². The third-order valence-electron chi connectivity index (χ3n) is 4.90. The molecule has 2 heterocycles. The van der Waals surface area contributed by atoms with Gasteiger partial charge in [-0.1, -0.05) is 30.3 Å². The van der Waals surface area contributed by atoms with Crippen molar-refractivity contribution in [2.45, 2.75) is 19.1 Å². The number of rotatable bonds is 5.